The second-order valence-corrected chi connectivity index (χ2v) is 5.44. The highest BCUT2D eigenvalue weighted by Crippen LogP contribution is 2.26. The van der Waals surface area contributed by atoms with E-state index in [4.69, 9.17) is 0 Å². The maximum Gasteiger partial charge on any atom is 0.126 e. The van der Waals surface area contributed by atoms with E-state index in [0.29, 0.717) is 5.75 Å². The van der Waals surface area contributed by atoms with Gasteiger partial charge in [0.25, 0.3) is 0 Å². The molecule has 1 nitrogen and oxygen atoms in total. The topological polar surface area (TPSA) is 20.2 Å². The molecule has 1 atom stereocenters. The predicted molar refractivity (Wildman–Crippen MR) is 73.2 cm³/mol. The molecule has 2 rings (SSSR count). The van der Waals surface area contributed by atoms with Gasteiger partial charge in [0.2, 0.25) is 0 Å². The lowest BCUT2D eigenvalue weighted by Gasteiger charge is -2.11. The molecule has 0 aliphatic heterocycles. The Morgan fingerprint density at radius 1 is 1.11 bits per heavy atom. The summed E-state index contributed by atoms with van der Waals surface area (Å²) < 4.78 is 26.1. The smallest absolute Gasteiger partial charge is 0.126 e. The zero-order valence-corrected chi connectivity index (χ0v) is 11.3. The third kappa shape index (κ3) is 4.04. The fraction of sp³-hybridized carbons (Fsp3) is 0.200. The Balaban J connectivity index is 2.03. The third-order valence-electron chi connectivity index (χ3n) is 2.67. The Labute approximate surface area is 115 Å². The van der Waals surface area contributed by atoms with Gasteiger partial charge in [0.15, 0.2) is 0 Å². The third-order valence-corrected chi connectivity index (χ3v) is 3.74. The number of benzene rings is 2. The molecule has 0 aliphatic carbocycles. The number of aliphatic hydroxyl groups excluding tert-OH is 1. The minimum atomic E-state index is -0.893. The number of halogens is 2. The second kappa shape index (κ2) is 6.17. The van der Waals surface area contributed by atoms with Gasteiger partial charge in [-0.05, 0) is 36.8 Å². The number of aryl methyl sites for hydroxylation is 1. The lowest BCUT2D eigenvalue weighted by Crippen LogP contribution is -2.02. The zero-order chi connectivity index (χ0) is 13.8. The molecule has 100 valence electrons. The Kier molecular flexibility index (Phi) is 4.56. The Morgan fingerprint density at radius 2 is 1.79 bits per heavy atom. The van der Waals surface area contributed by atoms with E-state index in [9.17, 15) is 13.9 Å². The molecule has 4 heteroatoms. The summed E-state index contributed by atoms with van der Waals surface area (Å²) in [6.45, 7) is 1.99. The van der Waals surface area contributed by atoms with Crippen molar-refractivity contribution in [1.82, 2.24) is 0 Å². The van der Waals surface area contributed by atoms with Crippen LogP contribution >= 0.6 is 11.8 Å². The second-order valence-electron chi connectivity index (χ2n) is 4.35. The van der Waals surface area contributed by atoms with Gasteiger partial charge in [0.05, 0.1) is 6.10 Å². The number of hydrogen-bond acceptors (Lipinski definition) is 2. The molecular formula is C15H14F2OS. The van der Waals surface area contributed by atoms with Crippen LogP contribution in [-0.4, -0.2) is 10.9 Å². The molecule has 0 amide bonds. The lowest BCUT2D eigenvalue weighted by atomic mass is 10.1. The van der Waals surface area contributed by atoms with Crippen molar-refractivity contribution in [3.63, 3.8) is 0 Å². The molecule has 0 radical (unpaired) electrons. The first-order valence-corrected chi connectivity index (χ1v) is 6.86. The first-order chi connectivity index (χ1) is 9.04. The summed E-state index contributed by atoms with van der Waals surface area (Å²) in [5.74, 6) is -0.990. The first-order valence-electron chi connectivity index (χ1n) is 5.88. The molecule has 1 N–H and O–H groups in total. The summed E-state index contributed by atoms with van der Waals surface area (Å²) >= 11 is 1.45. The van der Waals surface area contributed by atoms with Crippen LogP contribution in [0.3, 0.4) is 0 Å². The van der Waals surface area contributed by atoms with Crippen LogP contribution in [0.4, 0.5) is 8.78 Å². The van der Waals surface area contributed by atoms with Crippen molar-refractivity contribution in [2.24, 2.45) is 0 Å². The van der Waals surface area contributed by atoms with Crippen LogP contribution in [0.1, 0.15) is 17.2 Å². The molecule has 0 aromatic heterocycles. The van der Waals surface area contributed by atoms with E-state index >= 15 is 0 Å². The maximum absolute atomic E-state index is 13.0. The molecule has 1 unspecified atom stereocenters. The Bertz CT molecular complexity index is 552. The maximum atomic E-state index is 13.0. The average molecular weight is 280 g/mol. The van der Waals surface area contributed by atoms with Gasteiger partial charge in [-0.25, -0.2) is 8.78 Å². The molecule has 2 aromatic carbocycles. The van der Waals surface area contributed by atoms with Crippen LogP contribution in [0.5, 0.6) is 0 Å². The Morgan fingerprint density at radius 3 is 2.42 bits per heavy atom. The van der Waals surface area contributed by atoms with Crippen LogP contribution in [0.25, 0.3) is 0 Å². The van der Waals surface area contributed by atoms with Gasteiger partial charge in [0, 0.05) is 16.7 Å². The SMILES string of the molecule is Cc1cccc(SCC(O)c2cc(F)cc(F)c2)c1. The molecule has 0 fully saturated rings. The molecular weight excluding hydrogens is 266 g/mol. The van der Waals surface area contributed by atoms with Gasteiger partial charge < -0.3 is 5.11 Å². The number of rotatable bonds is 4. The van der Waals surface area contributed by atoms with Crippen molar-refractivity contribution in [3.05, 3.63) is 65.2 Å². The summed E-state index contributed by atoms with van der Waals surface area (Å²) in [5, 5.41) is 9.95. The van der Waals surface area contributed by atoms with Crippen molar-refractivity contribution in [2.45, 2.75) is 17.9 Å². The van der Waals surface area contributed by atoms with E-state index in [1.807, 2.05) is 31.2 Å². The zero-order valence-electron chi connectivity index (χ0n) is 10.4. The highest BCUT2D eigenvalue weighted by Gasteiger charge is 2.11. The van der Waals surface area contributed by atoms with E-state index in [1.54, 1.807) is 0 Å². The van der Waals surface area contributed by atoms with E-state index in [1.165, 1.54) is 11.8 Å². The van der Waals surface area contributed by atoms with Gasteiger partial charge in [-0.1, -0.05) is 17.7 Å². The van der Waals surface area contributed by atoms with E-state index in [-0.39, 0.29) is 5.56 Å². The fourth-order valence-electron chi connectivity index (χ4n) is 1.74. The standard InChI is InChI=1S/C15H14F2OS/c1-10-3-2-4-14(5-10)19-9-15(18)11-6-12(16)8-13(17)7-11/h2-8,15,18H,9H2,1H3. The van der Waals surface area contributed by atoms with Crippen LogP contribution < -0.4 is 0 Å². The fourth-order valence-corrected chi connectivity index (χ4v) is 2.73. The molecule has 0 saturated heterocycles. The van der Waals surface area contributed by atoms with Crippen molar-refractivity contribution >= 4 is 11.8 Å². The van der Waals surface area contributed by atoms with Gasteiger partial charge in [-0.2, -0.15) is 0 Å². The number of thioether (sulfide) groups is 1. The number of hydrogen-bond donors (Lipinski definition) is 1. The molecule has 0 aliphatic rings. The first kappa shape index (κ1) is 14.0. The molecule has 19 heavy (non-hydrogen) atoms. The summed E-state index contributed by atoms with van der Waals surface area (Å²) in [7, 11) is 0. The molecule has 0 saturated carbocycles. The van der Waals surface area contributed by atoms with Crippen molar-refractivity contribution in [1.29, 1.82) is 0 Å². The van der Waals surface area contributed by atoms with Crippen molar-refractivity contribution in [2.75, 3.05) is 5.75 Å². The van der Waals surface area contributed by atoms with Gasteiger partial charge in [-0.3, -0.25) is 0 Å². The van der Waals surface area contributed by atoms with E-state index < -0.39 is 17.7 Å². The van der Waals surface area contributed by atoms with Crippen molar-refractivity contribution < 1.29 is 13.9 Å². The predicted octanol–water partition coefficient (Wildman–Crippen LogP) is 4.10. The molecule has 2 aromatic rings. The van der Waals surface area contributed by atoms with E-state index in [2.05, 4.69) is 0 Å². The summed E-state index contributed by atoms with van der Waals surface area (Å²) in [6, 6.07) is 11.0. The minimum Gasteiger partial charge on any atom is -0.388 e. The van der Waals surface area contributed by atoms with Gasteiger partial charge in [0.1, 0.15) is 11.6 Å². The molecule has 0 spiro atoms. The largest absolute Gasteiger partial charge is 0.388 e. The van der Waals surface area contributed by atoms with Crippen LogP contribution in [-0.2, 0) is 0 Å². The van der Waals surface area contributed by atoms with Gasteiger partial charge in [-0.15, -0.1) is 11.8 Å². The minimum absolute atomic E-state index is 0.262. The Hall–Kier alpha value is -1.39. The molecule has 0 heterocycles. The van der Waals surface area contributed by atoms with Crippen LogP contribution in [0.15, 0.2) is 47.4 Å². The lowest BCUT2D eigenvalue weighted by molar-refractivity contribution is 0.203. The van der Waals surface area contributed by atoms with Crippen molar-refractivity contribution in [3.8, 4) is 0 Å². The quantitative estimate of drug-likeness (QED) is 0.851. The number of aliphatic hydroxyl groups is 1. The summed E-state index contributed by atoms with van der Waals surface area (Å²) in [4.78, 5) is 1.02. The normalized spacial score (nSPS) is 12.4. The van der Waals surface area contributed by atoms with Crippen LogP contribution in [0.2, 0.25) is 0 Å². The summed E-state index contributed by atoms with van der Waals surface area (Å²) in [5.41, 5.74) is 1.40. The monoisotopic (exact) mass is 280 g/mol. The molecule has 0 bridgehead atoms. The van der Waals surface area contributed by atoms with Crippen LogP contribution in [0, 0.1) is 18.6 Å². The summed E-state index contributed by atoms with van der Waals surface area (Å²) in [6.07, 6.45) is -0.893. The highest BCUT2D eigenvalue weighted by atomic mass is 32.2. The van der Waals surface area contributed by atoms with E-state index in [0.717, 1.165) is 28.7 Å². The highest BCUT2D eigenvalue weighted by molar-refractivity contribution is 7.99. The van der Waals surface area contributed by atoms with Gasteiger partial charge >= 0.3 is 0 Å². The average Bonchev–Trinajstić information content (AvgIpc) is 2.35.